The lowest BCUT2D eigenvalue weighted by Gasteiger charge is -2.28. The number of hydrogen-bond donors (Lipinski definition) is 2. The third-order valence-corrected chi connectivity index (χ3v) is 2.70. The van der Waals surface area contributed by atoms with Crippen molar-refractivity contribution in [3.05, 3.63) is 0 Å². The quantitative estimate of drug-likeness (QED) is 0.648. The van der Waals surface area contributed by atoms with E-state index in [9.17, 15) is 4.79 Å². The lowest BCUT2D eigenvalue weighted by atomic mass is 9.94. The highest BCUT2D eigenvalue weighted by atomic mass is 16.2. The second-order valence-corrected chi connectivity index (χ2v) is 4.78. The zero-order valence-electron chi connectivity index (χ0n) is 9.05. The Bertz CT molecular complexity index is 282. The lowest BCUT2D eigenvalue weighted by molar-refractivity contribution is -0.127. The zero-order valence-corrected chi connectivity index (χ0v) is 9.05. The highest BCUT2D eigenvalue weighted by Gasteiger charge is 2.44. The first-order valence-corrected chi connectivity index (χ1v) is 4.89. The standard InChI is InChI=1S/C11H18N2O/c1-5-10(2,3)13-9(14)11(4,12)8-6-7-8/h1,8H,6-7,12H2,2-4H3,(H,13,14). The van der Waals surface area contributed by atoms with Gasteiger partial charge in [-0.25, -0.2) is 0 Å². The number of rotatable bonds is 3. The molecule has 0 aliphatic heterocycles. The van der Waals surface area contributed by atoms with E-state index in [1.807, 2.05) is 0 Å². The molecule has 0 bridgehead atoms. The molecule has 0 aromatic rings. The van der Waals surface area contributed by atoms with Crippen LogP contribution in [0.25, 0.3) is 0 Å². The summed E-state index contributed by atoms with van der Waals surface area (Å²) in [5.74, 6) is 2.68. The van der Waals surface area contributed by atoms with E-state index in [4.69, 9.17) is 12.2 Å². The van der Waals surface area contributed by atoms with Gasteiger partial charge in [0, 0.05) is 0 Å². The molecule has 0 spiro atoms. The van der Waals surface area contributed by atoms with Crippen LogP contribution in [-0.2, 0) is 4.79 Å². The maximum absolute atomic E-state index is 11.8. The molecule has 1 aliphatic carbocycles. The molecular weight excluding hydrogens is 176 g/mol. The van der Waals surface area contributed by atoms with Crippen LogP contribution in [0.4, 0.5) is 0 Å². The van der Waals surface area contributed by atoms with Crippen molar-refractivity contribution < 1.29 is 4.79 Å². The molecule has 0 aromatic carbocycles. The highest BCUT2D eigenvalue weighted by Crippen LogP contribution is 2.38. The molecule has 78 valence electrons. The van der Waals surface area contributed by atoms with E-state index in [0.717, 1.165) is 12.8 Å². The smallest absolute Gasteiger partial charge is 0.241 e. The van der Waals surface area contributed by atoms with Crippen LogP contribution in [-0.4, -0.2) is 17.0 Å². The van der Waals surface area contributed by atoms with E-state index < -0.39 is 11.1 Å². The van der Waals surface area contributed by atoms with Crippen LogP contribution in [0, 0.1) is 18.3 Å². The maximum atomic E-state index is 11.8. The molecule has 1 amide bonds. The molecule has 1 saturated carbocycles. The van der Waals surface area contributed by atoms with Crippen LogP contribution in [0.15, 0.2) is 0 Å². The number of carbonyl (C=O) groups is 1. The minimum atomic E-state index is -0.770. The van der Waals surface area contributed by atoms with Crippen molar-refractivity contribution in [3.63, 3.8) is 0 Å². The number of nitrogens with two attached hydrogens (primary N) is 1. The molecule has 1 fully saturated rings. The summed E-state index contributed by atoms with van der Waals surface area (Å²) in [6.45, 7) is 5.34. The summed E-state index contributed by atoms with van der Waals surface area (Å²) >= 11 is 0. The molecule has 3 heteroatoms. The lowest BCUT2D eigenvalue weighted by Crippen LogP contribution is -2.58. The van der Waals surface area contributed by atoms with Crippen molar-refractivity contribution in [2.24, 2.45) is 11.7 Å². The zero-order chi connectivity index (χ0) is 11.0. The van der Waals surface area contributed by atoms with E-state index >= 15 is 0 Å². The summed E-state index contributed by atoms with van der Waals surface area (Å²) in [7, 11) is 0. The predicted octanol–water partition coefficient (Wildman–Crippen LogP) is 0.642. The van der Waals surface area contributed by atoms with Gasteiger partial charge in [0.2, 0.25) is 5.91 Å². The van der Waals surface area contributed by atoms with Crippen LogP contribution < -0.4 is 11.1 Å². The second-order valence-electron chi connectivity index (χ2n) is 4.78. The average Bonchev–Trinajstić information content (AvgIpc) is 2.85. The molecule has 1 atom stereocenters. The number of nitrogens with one attached hydrogen (secondary N) is 1. The first-order chi connectivity index (χ1) is 6.29. The summed E-state index contributed by atoms with van der Waals surface area (Å²) < 4.78 is 0. The fourth-order valence-corrected chi connectivity index (χ4v) is 1.32. The molecule has 1 rings (SSSR count). The van der Waals surface area contributed by atoms with Crippen LogP contribution in [0.5, 0.6) is 0 Å². The molecule has 3 N–H and O–H groups in total. The third-order valence-electron chi connectivity index (χ3n) is 2.70. The highest BCUT2D eigenvalue weighted by molar-refractivity contribution is 5.87. The Hall–Kier alpha value is -1.01. The van der Waals surface area contributed by atoms with Crippen molar-refractivity contribution in [3.8, 4) is 12.3 Å². The molecule has 1 unspecified atom stereocenters. The summed E-state index contributed by atoms with van der Waals surface area (Å²) in [6.07, 6.45) is 7.36. The van der Waals surface area contributed by atoms with Crippen LogP contribution in [0.3, 0.4) is 0 Å². The summed E-state index contributed by atoms with van der Waals surface area (Å²) in [5.41, 5.74) is 4.56. The SMILES string of the molecule is C#CC(C)(C)NC(=O)C(C)(N)C1CC1. The molecule has 0 aromatic heterocycles. The fourth-order valence-electron chi connectivity index (χ4n) is 1.32. The van der Waals surface area contributed by atoms with E-state index in [2.05, 4.69) is 11.2 Å². The fraction of sp³-hybridized carbons (Fsp3) is 0.727. The molecule has 1 aliphatic rings. The molecule has 0 radical (unpaired) electrons. The monoisotopic (exact) mass is 194 g/mol. The predicted molar refractivity (Wildman–Crippen MR) is 56.4 cm³/mol. The van der Waals surface area contributed by atoms with Crippen LogP contribution in [0.1, 0.15) is 33.6 Å². The molecular formula is C11H18N2O. The van der Waals surface area contributed by atoms with Gasteiger partial charge in [-0.1, -0.05) is 5.92 Å². The average molecular weight is 194 g/mol. The number of carbonyl (C=O) groups excluding carboxylic acids is 1. The van der Waals surface area contributed by atoms with Gasteiger partial charge in [-0.3, -0.25) is 4.79 Å². The third kappa shape index (κ3) is 2.27. The second kappa shape index (κ2) is 3.29. The Morgan fingerprint density at radius 1 is 1.50 bits per heavy atom. The normalized spacial score (nSPS) is 20.8. The summed E-state index contributed by atoms with van der Waals surface area (Å²) in [4.78, 5) is 11.8. The molecule has 3 nitrogen and oxygen atoms in total. The molecule has 0 saturated heterocycles. The molecule has 14 heavy (non-hydrogen) atoms. The van der Waals surface area contributed by atoms with Crippen molar-refractivity contribution in [1.29, 1.82) is 0 Å². The van der Waals surface area contributed by atoms with Gasteiger partial charge in [0.25, 0.3) is 0 Å². The minimum Gasteiger partial charge on any atom is -0.339 e. The summed E-state index contributed by atoms with van der Waals surface area (Å²) in [5, 5.41) is 2.77. The van der Waals surface area contributed by atoms with Crippen molar-refractivity contribution in [1.82, 2.24) is 5.32 Å². The van der Waals surface area contributed by atoms with E-state index in [0.29, 0.717) is 5.92 Å². The van der Waals surface area contributed by atoms with Crippen LogP contribution in [0.2, 0.25) is 0 Å². The van der Waals surface area contributed by atoms with Gasteiger partial charge in [0.1, 0.15) is 0 Å². The number of terminal acetylenes is 1. The Balaban J connectivity index is 2.62. The van der Waals surface area contributed by atoms with E-state index in [1.165, 1.54) is 0 Å². The Morgan fingerprint density at radius 3 is 2.36 bits per heavy atom. The number of hydrogen-bond acceptors (Lipinski definition) is 2. The van der Waals surface area contributed by atoms with Gasteiger partial charge in [-0.05, 0) is 39.5 Å². The maximum Gasteiger partial charge on any atom is 0.241 e. The van der Waals surface area contributed by atoms with E-state index in [1.54, 1.807) is 20.8 Å². The Kier molecular flexibility index (Phi) is 2.60. The minimum absolute atomic E-state index is 0.150. The van der Waals surface area contributed by atoms with Gasteiger partial charge in [0.15, 0.2) is 0 Å². The van der Waals surface area contributed by atoms with Crippen molar-refractivity contribution in [2.75, 3.05) is 0 Å². The Morgan fingerprint density at radius 2 is 2.00 bits per heavy atom. The largest absolute Gasteiger partial charge is 0.339 e. The molecule has 0 heterocycles. The topological polar surface area (TPSA) is 55.1 Å². The first-order valence-electron chi connectivity index (χ1n) is 4.89. The van der Waals surface area contributed by atoms with Gasteiger partial charge in [-0.2, -0.15) is 0 Å². The van der Waals surface area contributed by atoms with E-state index in [-0.39, 0.29) is 5.91 Å². The van der Waals surface area contributed by atoms with Gasteiger partial charge in [-0.15, -0.1) is 6.42 Å². The van der Waals surface area contributed by atoms with Gasteiger partial charge >= 0.3 is 0 Å². The van der Waals surface area contributed by atoms with Crippen molar-refractivity contribution in [2.45, 2.75) is 44.7 Å². The van der Waals surface area contributed by atoms with Gasteiger partial charge < -0.3 is 11.1 Å². The number of amides is 1. The van der Waals surface area contributed by atoms with Crippen molar-refractivity contribution >= 4 is 5.91 Å². The van der Waals surface area contributed by atoms with Gasteiger partial charge in [0.05, 0.1) is 11.1 Å². The van der Waals surface area contributed by atoms with Crippen LogP contribution >= 0.6 is 0 Å². The first kappa shape index (κ1) is 11.1. The Labute approximate surface area is 85.4 Å². The summed E-state index contributed by atoms with van der Waals surface area (Å²) in [6, 6.07) is 0.